The summed E-state index contributed by atoms with van der Waals surface area (Å²) >= 11 is 0.944. The second kappa shape index (κ2) is 6.22. The molecule has 5 nitrogen and oxygen atoms in total. The van der Waals surface area contributed by atoms with Gasteiger partial charge in [0.15, 0.2) is 5.75 Å². The van der Waals surface area contributed by atoms with Gasteiger partial charge in [-0.05, 0) is 19.1 Å². The summed E-state index contributed by atoms with van der Waals surface area (Å²) in [5.41, 5.74) is 0.482. The molecule has 0 spiro atoms. The molecule has 0 unspecified atom stereocenters. The van der Waals surface area contributed by atoms with Crippen LogP contribution in [0, 0.1) is 6.92 Å². The van der Waals surface area contributed by atoms with Gasteiger partial charge in [0.1, 0.15) is 6.54 Å². The quantitative estimate of drug-likeness (QED) is 0.936. The molecule has 1 amide bonds. The molecular weight excluding hydrogens is 321 g/mol. The van der Waals surface area contributed by atoms with Crippen molar-refractivity contribution in [2.24, 2.45) is 0 Å². The molecule has 0 fully saturated rings. The molecule has 0 aliphatic carbocycles. The van der Waals surface area contributed by atoms with Crippen LogP contribution in [0.3, 0.4) is 0 Å². The van der Waals surface area contributed by atoms with Crippen molar-refractivity contribution in [1.82, 2.24) is 4.57 Å². The Morgan fingerprint density at radius 2 is 2.05 bits per heavy atom. The third-order valence-corrected chi connectivity index (χ3v) is 3.55. The Morgan fingerprint density at radius 3 is 2.64 bits per heavy atom. The van der Waals surface area contributed by atoms with E-state index in [4.69, 9.17) is 0 Å². The van der Waals surface area contributed by atoms with Gasteiger partial charge in [0.25, 0.3) is 0 Å². The molecule has 0 saturated heterocycles. The van der Waals surface area contributed by atoms with E-state index in [9.17, 15) is 22.8 Å². The number of halogens is 3. The smallest absolute Gasteiger partial charge is 0.404 e. The van der Waals surface area contributed by atoms with Gasteiger partial charge in [-0.25, -0.2) is 0 Å². The lowest BCUT2D eigenvalue weighted by Crippen LogP contribution is -2.26. The lowest BCUT2D eigenvalue weighted by Gasteiger charge is -2.14. The fraction of sp³-hybridized carbons (Fsp3) is 0.231. The SMILES string of the molecule is Cc1csc(=O)n1CC(=O)Nc1ccccc1OC(F)(F)F. The van der Waals surface area contributed by atoms with Crippen molar-refractivity contribution in [1.29, 1.82) is 0 Å². The van der Waals surface area contributed by atoms with Crippen LogP contribution in [-0.2, 0) is 11.3 Å². The third kappa shape index (κ3) is 4.10. The number of nitrogens with one attached hydrogen (secondary N) is 1. The number of anilines is 1. The number of thiazole rings is 1. The van der Waals surface area contributed by atoms with Gasteiger partial charge in [0.05, 0.1) is 5.69 Å². The Labute approximate surface area is 127 Å². The average molecular weight is 332 g/mol. The van der Waals surface area contributed by atoms with E-state index in [1.165, 1.54) is 22.8 Å². The van der Waals surface area contributed by atoms with Crippen molar-refractivity contribution in [3.63, 3.8) is 0 Å². The second-order valence-corrected chi connectivity index (χ2v) is 5.14. The highest BCUT2D eigenvalue weighted by Gasteiger charge is 2.32. The number of para-hydroxylation sites is 2. The van der Waals surface area contributed by atoms with E-state index in [1.807, 2.05) is 0 Å². The largest absolute Gasteiger partial charge is 0.573 e. The molecule has 0 bridgehead atoms. The Bertz CT molecular complexity index is 737. The van der Waals surface area contributed by atoms with Crippen LogP contribution in [0.25, 0.3) is 0 Å². The van der Waals surface area contributed by atoms with E-state index in [-0.39, 0.29) is 17.1 Å². The number of alkyl halides is 3. The van der Waals surface area contributed by atoms with E-state index in [0.717, 1.165) is 17.4 Å². The van der Waals surface area contributed by atoms with Gasteiger partial charge >= 0.3 is 11.2 Å². The summed E-state index contributed by atoms with van der Waals surface area (Å²) in [6.07, 6.45) is -4.86. The summed E-state index contributed by atoms with van der Waals surface area (Å²) in [7, 11) is 0. The predicted molar refractivity (Wildman–Crippen MR) is 75.1 cm³/mol. The van der Waals surface area contributed by atoms with Crippen LogP contribution in [-0.4, -0.2) is 16.8 Å². The van der Waals surface area contributed by atoms with Crippen molar-refractivity contribution >= 4 is 22.9 Å². The van der Waals surface area contributed by atoms with Gasteiger partial charge in [-0.1, -0.05) is 23.5 Å². The molecule has 0 atom stereocenters. The number of hydrogen-bond donors (Lipinski definition) is 1. The van der Waals surface area contributed by atoms with Crippen LogP contribution in [0.5, 0.6) is 5.75 Å². The van der Waals surface area contributed by atoms with Gasteiger partial charge in [-0.2, -0.15) is 0 Å². The van der Waals surface area contributed by atoms with Crippen LogP contribution in [0.4, 0.5) is 18.9 Å². The highest BCUT2D eigenvalue weighted by atomic mass is 32.1. The summed E-state index contributed by atoms with van der Waals surface area (Å²) in [5.74, 6) is -1.14. The average Bonchev–Trinajstić information content (AvgIpc) is 2.71. The van der Waals surface area contributed by atoms with Crippen LogP contribution >= 0.6 is 11.3 Å². The Balaban J connectivity index is 2.14. The Hall–Kier alpha value is -2.29. The van der Waals surface area contributed by atoms with Crippen LogP contribution < -0.4 is 14.9 Å². The first-order chi connectivity index (χ1) is 10.3. The normalized spacial score (nSPS) is 11.3. The summed E-state index contributed by atoms with van der Waals surface area (Å²) in [6, 6.07) is 5.18. The maximum atomic E-state index is 12.3. The number of benzene rings is 1. The maximum absolute atomic E-state index is 12.3. The lowest BCUT2D eigenvalue weighted by molar-refractivity contribution is -0.274. The number of aromatic nitrogens is 1. The molecular formula is C13H11F3N2O3S. The molecule has 0 aliphatic heterocycles. The first-order valence-electron chi connectivity index (χ1n) is 6.06. The molecule has 0 radical (unpaired) electrons. The topological polar surface area (TPSA) is 60.3 Å². The van der Waals surface area contributed by atoms with Gasteiger partial charge in [-0.3, -0.25) is 14.2 Å². The Kier molecular flexibility index (Phi) is 4.55. The molecule has 22 heavy (non-hydrogen) atoms. The number of ether oxygens (including phenoxy) is 1. The Morgan fingerprint density at radius 1 is 1.36 bits per heavy atom. The highest BCUT2D eigenvalue weighted by molar-refractivity contribution is 7.07. The van der Waals surface area contributed by atoms with Gasteiger partial charge in [-0.15, -0.1) is 13.2 Å². The number of carbonyl (C=O) groups excluding carboxylic acids is 1. The zero-order chi connectivity index (χ0) is 16.3. The van der Waals surface area contributed by atoms with E-state index >= 15 is 0 Å². The van der Waals surface area contributed by atoms with Crippen molar-refractivity contribution in [3.05, 3.63) is 45.0 Å². The van der Waals surface area contributed by atoms with E-state index in [1.54, 1.807) is 12.3 Å². The van der Waals surface area contributed by atoms with Crippen molar-refractivity contribution in [2.45, 2.75) is 19.8 Å². The summed E-state index contributed by atoms with van der Waals surface area (Å²) < 4.78 is 41.9. The van der Waals surface area contributed by atoms with Crippen molar-refractivity contribution < 1.29 is 22.7 Å². The zero-order valence-corrected chi connectivity index (χ0v) is 12.1. The minimum Gasteiger partial charge on any atom is -0.404 e. The fourth-order valence-corrected chi connectivity index (χ4v) is 2.45. The molecule has 0 aliphatic rings. The molecule has 2 aromatic rings. The molecule has 9 heteroatoms. The van der Waals surface area contributed by atoms with E-state index in [0.29, 0.717) is 5.69 Å². The van der Waals surface area contributed by atoms with Gasteiger partial charge in [0.2, 0.25) is 5.91 Å². The highest BCUT2D eigenvalue weighted by Crippen LogP contribution is 2.29. The number of hydrogen-bond acceptors (Lipinski definition) is 4. The van der Waals surface area contributed by atoms with Gasteiger partial charge < -0.3 is 10.1 Å². The third-order valence-electron chi connectivity index (χ3n) is 2.66. The monoisotopic (exact) mass is 332 g/mol. The molecule has 2 rings (SSSR count). The number of carbonyl (C=O) groups is 1. The standard InChI is InChI=1S/C13H11F3N2O3S/c1-8-7-22-12(20)18(8)6-11(19)17-9-4-2-3-5-10(9)21-13(14,15)16/h2-5,7H,6H2,1H3,(H,17,19). The molecule has 1 aromatic heterocycles. The van der Waals surface area contributed by atoms with Crippen LogP contribution in [0.2, 0.25) is 0 Å². The molecule has 0 saturated carbocycles. The number of nitrogens with zero attached hydrogens (tertiary/aromatic N) is 1. The first kappa shape index (κ1) is 16.1. The van der Waals surface area contributed by atoms with Crippen LogP contribution in [0.15, 0.2) is 34.4 Å². The van der Waals surface area contributed by atoms with E-state index < -0.39 is 18.0 Å². The second-order valence-electron chi connectivity index (χ2n) is 4.32. The van der Waals surface area contributed by atoms with Crippen molar-refractivity contribution in [2.75, 3.05) is 5.32 Å². The molecule has 1 aromatic carbocycles. The van der Waals surface area contributed by atoms with E-state index in [2.05, 4.69) is 10.1 Å². The predicted octanol–water partition coefficient (Wildman–Crippen LogP) is 2.76. The number of aryl methyl sites for hydroxylation is 1. The minimum absolute atomic E-state index is 0.120. The van der Waals surface area contributed by atoms with Crippen LogP contribution in [0.1, 0.15) is 5.69 Å². The summed E-state index contributed by atoms with van der Waals surface area (Å²) in [6.45, 7) is 1.38. The summed E-state index contributed by atoms with van der Waals surface area (Å²) in [4.78, 5) is 23.1. The summed E-state index contributed by atoms with van der Waals surface area (Å²) in [5, 5.41) is 3.90. The first-order valence-corrected chi connectivity index (χ1v) is 6.94. The lowest BCUT2D eigenvalue weighted by atomic mass is 10.3. The zero-order valence-electron chi connectivity index (χ0n) is 11.3. The fourth-order valence-electron chi connectivity index (χ4n) is 1.71. The molecule has 118 valence electrons. The van der Waals surface area contributed by atoms with Gasteiger partial charge in [0, 0.05) is 11.1 Å². The maximum Gasteiger partial charge on any atom is 0.573 e. The number of rotatable bonds is 4. The molecule has 1 N–H and O–H groups in total. The number of amides is 1. The van der Waals surface area contributed by atoms with Crippen molar-refractivity contribution in [3.8, 4) is 5.75 Å². The molecule has 1 heterocycles. The minimum atomic E-state index is -4.86.